The van der Waals surface area contributed by atoms with Crippen molar-refractivity contribution in [1.82, 2.24) is 10.0 Å². The molecule has 0 aliphatic rings. The van der Waals surface area contributed by atoms with Crippen LogP contribution in [0, 0.1) is 0 Å². The largest absolute Gasteiger partial charge is 0.313 e. The van der Waals surface area contributed by atoms with E-state index in [0.29, 0.717) is 24.0 Å². The summed E-state index contributed by atoms with van der Waals surface area (Å²) in [5.41, 5.74) is 0. The summed E-state index contributed by atoms with van der Waals surface area (Å²) in [6.45, 7) is 5.05. The Balaban J connectivity index is 2.11. The van der Waals surface area contributed by atoms with E-state index in [1.54, 1.807) is 12.1 Å². The normalized spacial score (nSPS) is 12.2. The zero-order valence-electron chi connectivity index (χ0n) is 11.8. The maximum atomic E-state index is 12.2. The van der Waals surface area contributed by atoms with Crippen LogP contribution in [0.15, 0.2) is 47.4 Å². The number of fused-ring (bicyclic) bond motifs is 1. The first-order valence-electron chi connectivity index (χ1n) is 6.71. The summed E-state index contributed by atoms with van der Waals surface area (Å²) in [5, 5.41) is 5.13. The van der Waals surface area contributed by atoms with Gasteiger partial charge in [0.05, 0.1) is 4.90 Å². The van der Waals surface area contributed by atoms with Crippen LogP contribution in [0.5, 0.6) is 0 Å². The highest BCUT2D eigenvalue weighted by Crippen LogP contribution is 2.18. The van der Waals surface area contributed by atoms with E-state index in [1.807, 2.05) is 44.2 Å². The van der Waals surface area contributed by atoms with Gasteiger partial charge in [0.15, 0.2) is 0 Å². The van der Waals surface area contributed by atoms with Crippen LogP contribution in [0.4, 0.5) is 0 Å². The number of rotatable bonds is 6. The summed E-state index contributed by atoms with van der Waals surface area (Å²) < 4.78 is 27.0. The molecular formula is C15H20N2O2S. The average Bonchev–Trinajstić information content (AvgIpc) is 2.43. The summed E-state index contributed by atoms with van der Waals surface area (Å²) >= 11 is 0. The highest BCUT2D eigenvalue weighted by molar-refractivity contribution is 7.89. The van der Waals surface area contributed by atoms with Crippen molar-refractivity contribution in [1.29, 1.82) is 0 Å². The Labute approximate surface area is 120 Å². The summed E-state index contributed by atoms with van der Waals surface area (Å²) in [5.74, 6) is 0. The number of nitrogens with one attached hydrogen (secondary N) is 2. The van der Waals surface area contributed by atoms with E-state index in [-0.39, 0.29) is 0 Å². The summed E-state index contributed by atoms with van der Waals surface area (Å²) in [6.07, 6.45) is 0. The molecule has 0 unspecified atom stereocenters. The van der Waals surface area contributed by atoms with Gasteiger partial charge in [0.1, 0.15) is 0 Å². The molecule has 0 amide bonds. The van der Waals surface area contributed by atoms with Gasteiger partial charge in [0.2, 0.25) is 10.0 Å². The molecule has 2 N–H and O–H groups in total. The lowest BCUT2D eigenvalue weighted by Crippen LogP contribution is -2.34. The first-order valence-corrected chi connectivity index (χ1v) is 8.19. The number of benzene rings is 2. The lowest BCUT2D eigenvalue weighted by Gasteiger charge is -2.10. The third kappa shape index (κ3) is 3.79. The van der Waals surface area contributed by atoms with E-state index in [9.17, 15) is 8.42 Å². The Bertz CT molecular complexity index is 681. The maximum Gasteiger partial charge on any atom is 0.240 e. The zero-order chi connectivity index (χ0) is 14.6. The van der Waals surface area contributed by atoms with Crippen molar-refractivity contribution in [3.63, 3.8) is 0 Å². The lowest BCUT2D eigenvalue weighted by atomic mass is 10.1. The molecule has 2 rings (SSSR count). The van der Waals surface area contributed by atoms with Crippen LogP contribution >= 0.6 is 0 Å². The topological polar surface area (TPSA) is 58.2 Å². The van der Waals surface area contributed by atoms with E-state index < -0.39 is 10.0 Å². The van der Waals surface area contributed by atoms with Crippen molar-refractivity contribution in [2.75, 3.05) is 13.1 Å². The summed E-state index contributed by atoms with van der Waals surface area (Å²) in [4.78, 5) is 0.306. The fourth-order valence-corrected chi connectivity index (χ4v) is 3.03. The molecule has 4 nitrogen and oxygen atoms in total. The molecule has 0 aliphatic heterocycles. The Kier molecular flexibility index (Phi) is 4.75. The van der Waals surface area contributed by atoms with E-state index in [4.69, 9.17) is 0 Å². The molecule has 0 bridgehead atoms. The van der Waals surface area contributed by atoms with Gasteiger partial charge in [-0.3, -0.25) is 0 Å². The van der Waals surface area contributed by atoms with Crippen LogP contribution in [-0.2, 0) is 10.0 Å². The molecule has 0 aliphatic carbocycles. The molecule has 2 aromatic rings. The second-order valence-electron chi connectivity index (χ2n) is 5.02. The molecule has 0 spiro atoms. The van der Waals surface area contributed by atoms with Crippen molar-refractivity contribution in [2.24, 2.45) is 0 Å². The smallest absolute Gasteiger partial charge is 0.240 e. The summed E-state index contributed by atoms with van der Waals surface area (Å²) in [7, 11) is -3.44. The van der Waals surface area contributed by atoms with Crippen LogP contribution in [0.3, 0.4) is 0 Å². The lowest BCUT2D eigenvalue weighted by molar-refractivity contribution is 0.560. The van der Waals surface area contributed by atoms with Crippen LogP contribution in [0.25, 0.3) is 10.8 Å². The van der Waals surface area contributed by atoms with E-state index >= 15 is 0 Å². The first-order chi connectivity index (χ1) is 9.49. The molecule has 0 saturated carbocycles. The van der Waals surface area contributed by atoms with Gasteiger partial charge in [0.25, 0.3) is 0 Å². The van der Waals surface area contributed by atoms with Gasteiger partial charge in [-0.1, -0.05) is 44.2 Å². The molecule has 2 aromatic carbocycles. The van der Waals surface area contributed by atoms with Gasteiger partial charge in [-0.25, -0.2) is 13.1 Å². The number of hydrogen-bond donors (Lipinski definition) is 2. The number of sulfonamides is 1. The molecule has 5 heteroatoms. The fraction of sp³-hybridized carbons (Fsp3) is 0.333. The monoisotopic (exact) mass is 292 g/mol. The van der Waals surface area contributed by atoms with Crippen LogP contribution in [0.2, 0.25) is 0 Å². The minimum absolute atomic E-state index is 0.306. The predicted molar refractivity (Wildman–Crippen MR) is 82.3 cm³/mol. The molecule has 0 heterocycles. The predicted octanol–water partition coefficient (Wildman–Crippen LogP) is 2.12. The van der Waals surface area contributed by atoms with Gasteiger partial charge in [-0.15, -0.1) is 0 Å². The van der Waals surface area contributed by atoms with Crippen molar-refractivity contribution >= 4 is 20.8 Å². The van der Waals surface area contributed by atoms with Crippen LogP contribution in [0.1, 0.15) is 13.8 Å². The Hall–Kier alpha value is -1.43. The SMILES string of the molecule is CC(C)NCCNS(=O)(=O)c1ccc2ccccc2c1. The van der Waals surface area contributed by atoms with Gasteiger partial charge in [-0.2, -0.15) is 0 Å². The van der Waals surface area contributed by atoms with Crippen LogP contribution in [-0.4, -0.2) is 27.5 Å². The Morgan fingerprint density at radius 1 is 1.00 bits per heavy atom. The van der Waals surface area contributed by atoms with Crippen molar-refractivity contribution in [3.05, 3.63) is 42.5 Å². The van der Waals surface area contributed by atoms with Gasteiger partial charge >= 0.3 is 0 Å². The van der Waals surface area contributed by atoms with Gasteiger partial charge in [-0.05, 0) is 22.9 Å². The minimum Gasteiger partial charge on any atom is -0.313 e. The number of hydrogen-bond acceptors (Lipinski definition) is 3. The second-order valence-corrected chi connectivity index (χ2v) is 6.78. The highest BCUT2D eigenvalue weighted by atomic mass is 32.2. The Morgan fingerprint density at radius 3 is 2.40 bits per heavy atom. The second kappa shape index (κ2) is 6.35. The molecule has 0 aromatic heterocycles. The van der Waals surface area contributed by atoms with Crippen molar-refractivity contribution in [2.45, 2.75) is 24.8 Å². The highest BCUT2D eigenvalue weighted by Gasteiger charge is 2.13. The van der Waals surface area contributed by atoms with Crippen molar-refractivity contribution in [3.8, 4) is 0 Å². The molecule has 20 heavy (non-hydrogen) atoms. The third-order valence-electron chi connectivity index (χ3n) is 3.00. The molecule has 0 fully saturated rings. The van der Waals surface area contributed by atoms with Crippen LogP contribution < -0.4 is 10.0 Å². The van der Waals surface area contributed by atoms with E-state index in [2.05, 4.69) is 10.0 Å². The van der Waals surface area contributed by atoms with Gasteiger partial charge in [0, 0.05) is 19.1 Å². The third-order valence-corrected chi connectivity index (χ3v) is 4.46. The first kappa shape index (κ1) is 15.0. The molecular weight excluding hydrogens is 272 g/mol. The molecule has 0 atom stereocenters. The Morgan fingerprint density at radius 2 is 1.70 bits per heavy atom. The summed E-state index contributed by atoms with van der Waals surface area (Å²) in [6, 6.07) is 13.2. The quantitative estimate of drug-likeness (QED) is 0.802. The van der Waals surface area contributed by atoms with E-state index in [0.717, 1.165) is 10.8 Å². The molecule has 108 valence electrons. The van der Waals surface area contributed by atoms with Crippen molar-refractivity contribution < 1.29 is 8.42 Å². The average molecular weight is 292 g/mol. The standard InChI is InChI=1S/C15H20N2O2S/c1-12(2)16-9-10-17-20(18,19)15-8-7-13-5-3-4-6-14(13)11-15/h3-8,11-12,16-17H,9-10H2,1-2H3. The molecule has 0 radical (unpaired) electrons. The molecule has 0 saturated heterocycles. The van der Waals surface area contributed by atoms with E-state index in [1.165, 1.54) is 0 Å². The minimum atomic E-state index is -3.44. The van der Waals surface area contributed by atoms with Gasteiger partial charge < -0.3 is 5.32 Å². The zero-order valence-corrected chi connectivity index (χ0v) is 12.6. The fourth-order valence-electron chi connectivity index (χ4n) is 1.96. The maximum absolute atomic E-state index is 12.2.